The van der Waals surface area contributed by atoms with Gasteiger partial charge in [0.05, 0.1) is 13.2 Å². The van der Waals surface area contributed by atoms with Crippen LogP contribution < -0.4 is 0 Å². The highest BCUT2D eigenvalue weighted by Crippen LogP contribution is 2.33. The molecule has 2 heterocycles. The molecule has 11 nitrogen and oxygen atoms in total. The van der Waals surface area contributed by atoms with Crippen LogP contribution in [0.1, 0.15) is 0 Å². The summed E-state index contributed by atoms with van der Waals surface area (Å²) in [6.45, 7) is -1.92. The minimum absolute atomic E-state index is 0.465. The predicted octanol–water partition coefficient (Wildman–Crippen LogP) is -4.74. The summed E-state index contributed by atoms with van der Waals surface area (Å²) in [7, 11) is 1.23. The molecule has 0 aromatic heterocycles. The van der Waals surface area contributed by atoms with Crippen LogP contribution in [0.5, 0.6) is 0 Å². The summed E-state index contributed by atoms with van der Waals surface area (Å²) < 4.78 is 20.6. The van der Waals surface area contributed by atoms with Crippen LogP contribution in [-0.4, -0.2) is 117 Å². The molecule has 0 bridgehead atoms. The van der Waals surface area contributed by atoms with Gasteiger partial charge in [0.15, 0.2) is 6.29 Å². The maximum Gasteiger partial charge on any atom is 0.221 e. The Balaban J connectivity index is 2.05. The minimum atomic E-state index is -2.03. The van der Waals surface area contributed by atoms with E-state index in [-0.39, 0.29) is 0 Å². The topological polar surface area (TPSA) is 179 Å². The summed E-state index contributed by atoms with van der Waals surface area (Å²) in [6, 6.07) is 0. The van der Waals surface area contributed by atoms with E-state index in [0.29, 0.717) is 0 Å². The maximum atomic E-state index is 10.0. The van der Waals surface area contributed by atoms with Crippen molar-refractivity contribution in [2.24, 2.45) is 0 Å². The third-order valence-electron chi connectivity index (χ3n) is 4.30. The lowest BCUT2D eigenvalue weighted by molar-refractivity contribution is -0.325. The molecule has 0 aromatic carbocycles. The van der Waals surface area contributed by atoms with Crippen LogP contribution in [0, 0.1) is 0 Å². The molecule has 9 atom stereocenters. The molecule has 0 aromatic rings. The molecule has 142 valence electrons. The van der Waals surface area contributed by atoms with Crippen LogP contribution in [0.15, 0.2) is 0 Å². The van der Waals surface area contributed by atoms with Crippen LogP contribution in [0.2, 0.25) is 0 Å². The molecule has 2 aliphatic heterocycles. The molecule has 0 amide bonds. The zero-order chi connectivity index (χ0) is 18.1. The summed E-state index contributed by atoms with van der Waals surface area (Å²) in [4.78, 5) is 0. The highest BCUT2D eigenvalue weighted by Gasteiger charge is 2.56. The van der Waals surface area contributed by atoms with Crippen molar-refractivity contribution in [2.45, 2.75) is 54.8 Å². The minimum Gasteiger partial charge on any atom is -0.394 e. The average Bonchev–Trinajstić information content (AvgIpc) is 2.84. The molecule has 0 unspecified atom stereocenters. The molecule has 2 rings (SSSR count). The summed E-state index contributed by atoms with van der Waals surface area (Å²) in [5.41, 5.74) is 0. The summed E-state index contributed by atoms with van der Waals surface area (Å²) >= 11 is 0. The van der Waals surface area contributed by atoms with Crippen LogP contribution in [0.25, 0.3) is 0 Å². The Kier molecular flexibility index (Phi) is 6.50. The fraction of sp³-hybridized carbons (Fsp3) is 1.00. The van der Waals surface area contributed by atoms with E-state index >= 15 is 0 Å². The Morgan fingerprint density at radius 2 is 1.58 bits per heavy atom. The highest BCUT2D eigenvalue weighted by atomic mass is 16.8. The number of hydrogen-bond acceptors (Lipinski definition) is 11. The normalized spacial score (nSPS) is 49.5. The van der Waals surface area contributed by atoms with Gasteiger partial charge in [-0.3, -0.25) is 0 Å². The number of rotatable bonds is 6. The van der Waals surface area contributed by atoms with Gasteiger partial charge in [-0.15, -0.1) is 0 Å². The van der Waals surface area contributed by atoms with Gasteiger partial charge < -0.3 is 54.7 Å². The molecule has 0 spiro atoms. The van der Waals surface area contributed by atoms with Crippen molar-refractivity contribution in [2.75, 3.05) is 26.9 Å². The van der Waals surface area contributed by atoms with Crippen molar-refractivity contribution in [1.82, 2.24) is 0 Å². The SMILES string of the molecule is CO[C@H]1O[C@H](CO[C@]2(CO)O[C@H](CO)[C@@H](O)[C@@H]2O)[C@@H](O)[C@H](O)[C@H]1O. The van der Waals surface area contributed by atoms with Gasteiger partial charge in [0.25, 0.3) is 0 Å². The molecule has 24 heavy (non-hydrogen) atoms. The predicted molar refractivity (Wildman–Crippen MR) is 73.4 cm³/mol. The molecular weight excluding hydrogens is 332 g/mol. The summed E-state index contributed by atoms with van der Waals surface area (Å²) in [5, 5.41) is 67.8. The first-order chi connectivity index (χ1) is 11.3. The Morgan fingerprint density at radius 1 is 0.917 bits per heavy atom. The van der Waals surface area contributed by atoms with Crippen molar-refractivity contribution < 1.29 is 54.7 Å². The summed E-state index contributed by atoms with van der Waals surface area (Å²) in [6.07, 6.45) is -11.3. The first-order valence-corrected chi connectivity index (χ1v) is 7.43. The molecular formula is C13H24O11. The van der Waals surface area contributed by atoms with Crippen LogP contribution in [-0.2, 0) is 18.9 Å². The number of aliphatic hydroxyl groups is 7. The Morgan fingerprint density at radius 3 is 2.08 bits per heavy atom. The molecule has 2 saturated heterocycles. The third-order valence-corrected chi connectivity index (χ3v) is 4.30. The molecule has 0 saturated carbocycles. The Bertz CT molecular complexity index is 407. The van der Waals surface area contributed by atoms with Gasteiger partial charge in [-0.2, -0.15) is 0 Å². The zero-order valence-corrected chi connectivity index (χ0v) is 13.0. The average molecular weight is 356 g/mol. The first-order valence-electron chi connectivity index (χ1n) is 7.43. The fourth-order valence-corrected chi connectivity index (χ4v) is 2.77. The van der Waals surface area contributed by atoms with Crippen molar-refractivity contribution in [1.29, 1.82) is 0 Å². The van der Waals surface area contributed by atoms with Crippen LogP contribution in [0.4, 0.5) is 0 Å². The number of ether oxygens (including phenoxy) is 4. The molecule has 11 heteroatoms. The van der Waals surface area contributed by atoms with E-state index in [1.54, 1.807) is 0 Å². The second-order valence-electron chi connectivity index (χ2n) is 5.81. The lowest BCUT2D eigenvalue weighted by atomic mass is 9.99. The second-order valence-corrected chi connectivity index (χ2v) is 5.81. The molecule has 2 fully saturated rings. The van der Waals surface area contributed by atoms with Gasteiger partial charge in [0.2, 0.25) is 5.79 Å². The van der Waals surface area contributed by atoms with E-state index in [9.17, 15) is 30.6 Å². The second kappa shape index (κ2) is 7.85. The molecule has 7 N–H and O–H groups in total. The van der Waals surface area contributed by atoms with Gasteiger partial charge in [0.1, 0.15) is 49.3 Å². The smallest absolute Gasteiger partial charge is 0.221 e. The van der Waals surface area contributed by atoms with Crippen LogP contribution >= 0.6 is 0 Å². The van der Waals surface area contributed by atoms with Gasteiger partial charge >= 0.3 is 0 Å². The zero-order valence-electron chi connectivity index (χ0n) is 13.0. The molecule has 0 radical (unpaired) electrons. The van der Waals surface area contributed by atoms with Gasteiger partial charge in [-0.1, -0.05) is 0 Å². The van der Waals surface area contributed by atoms with E-state index < -0.39 is 74.6 Å². The third kappa shape index (κ3) is 3.43. The Hall–Kier alpha value is -0.440. The van der Waals surface area contributed by atoms with Crippen molar-refractivity contribution in [3.63, 3.8) is 0 Å². The van der Waals surface area contributed by atoms with Crippen molar-refractivity contribution >= 4 is 0 Å². The van der Waals surface area contributed by atoms with Gasteiger partial charge in [0, 0.05) is 7.11 Å². The van der Waals surface area contributed by atoms with Crippen molar-refractivity contribution in [3.8, 4) is 0 Å². The molecule has 2 aliphatic rings. The monoisotopic (exact) mass is 356 g/mol. The van der Waals surface area contributed by atoms with Crippen molar-refractivity contribution in [3.05, 3.63) is 0 Å². The number of hydrogen-bond donors (Lipinski definition) is 7. The van der Waals surface area contributed by atoms with E-state index in [2.05, 4.69) is 0 Å². The number of aliphatic hydroxyl groups excluding tert-OH is 7. The standard InChI is InChI=1S/C13H24O11/c1-21-12-10(19)9(18)7(16)6(23-12)3-22-13(4-15)11(20)8(17)5(2-14)24-13/h5-12,14-20H,2-4H2,1H3/t5-,6-,7-,8-,9+,10-,11+,12+,13-/m1/s1. The quantitative estimate of drug-likeness (QED) is 0.243. The van der Waals surface area contributed by atoms with Gasteiger partial charge in [-0.25, -0.2) is 0 Å². The van der Waals surface area contributed by atoms with Crippen LogP contribution in [0.3, 0.4) is 0 Å². The highest BCUT2D eigenvalue weighted by molar-refractivity contribution is 4.97. The summed E-state index contributed by atoms with van der Waals surface area (Å²) in [5.74, 6) is -2.03. The van der Waals surface area contributed by atoms with E-state index in [1.165, 1.54) is 7.11 Å². The van der Waals surface area contributed by atoms with E-state index in [1.807, 2.05) is 0 Å². The maximum absolute atomic E-state index is 10.0. The Labute approximate surface area is 137 Å². The first kappa shape index (κ1) is 19.9. The van der Waals surface area contributed by atoms with E-state index in [0.717, 1.165) is 0 Å². The lowest BCUT2D eigenvalue weighted by Crippen LogP contribution is -2.60. The molecule has 0 aliphatic carbocycles. The lowest BCUT2D eigenvalue weighted by Gasteiger charge is -2.41. The van der Waals surface area contributed by atoms with E-state index in [4.69, 9.17) is 24.1 Å². The largest absolute Gasteiger partial charge is 0.394 e. The number of methoxy groups -OCH3 is 1. The van der Waals surface area contributed by atoms with Gasteiger partial charge in [-0.05, 0) is 0 Å². The fourth-order valence-electron chi connectivity index (χ4n) is 2.77.